The Kier molecular flexibility index (Phi) is 8.36. The lowest BCUT2D eigenvalue weighted by atomic mass is 9.61. The van der Waals surface area contributed by atoms with Crippen molar-refractivity contribution in [1.82, 2.24) is 0 Å². The van der Waals surface area contributed by atoms with Crippen molar-refractivity contribution in [2.24, 2.45) is 23.2 Å². The predicted octanol–water partition coefficient (Wildman–Crippen LogP) is 6.56. The van der Waals surface area contributed by atoms with Crippen molar-refractivity contribution in [2.45, 2.75) is 110 Å². The SMILES string of the molecule is C=C1CCC(OS(=O)(=O)O)CC1=CC=C1CCC2(C)C(CCC2C(C)CCCC(C)(C)O)C1. The van der Waals surface area contributed by atoms with Crippen LogP contribution in [0.1, 0.15) is 98.3 Å². The van der Waals surface area contributed by atoms with E-state index in [1.165, 1.54) is 31.3 Å². The van der Waals surface area contributed by atoms with Gasteiger partial charge in [-0.05, 0) is 94.0 Å². The molecule has 0 radical (unpaired) electrons. The molecule has 0 saturated heterocycles. The topological polar surface area (TPSA) is 83.8 Å². The van der Waals surface area contributed by atoms with Crippen LogP contribution >= 0.6 is 0 Å². The first-order valence-corrected chi connectivity index (χ1v) is 14.1. The first kappa shape index (κ1) is 26.7. The van der Waals surface area contributed by atoms with Gasteiger partial charge in [0.1, 0.15) is 0 Å². The Bertz CT molecular complexity index is 879. The van der Waals surface area contributed by atoms with E-state index in [4.69, 9.17) is 8.74 Å². The summed E-state index contributed by atoms with van der Waals surface area (Å²) in [4.78, 5) is 0. The molecule has 3 aliphatic carbocycles. The third kappa shape index (κ3) is 7.27. The van der Waals surface area contributed by atoms with Gasteiger partial charge < -0.3 is 5.11 Å². The molecule has 0 aromatic heterocycles. The van der Waals surface area contributed by atoms with Crippen LogP contribution in [0.2, 0.25) is 0 Å². The molecule has 5 unspecified atom stereocenters. The monoisotopic (exact) mass is 480 g/mol. The predicted molar refractivity (Wildman–Crippen MR) is 133 cm³/mol. The molecule has 0 amide bonds. The molecular weight excluding hydrogens is 436 g/mol. The minimum atomic E-state index is -4.43. The molecule has 188 valence electrons. The third-order valence-corrected chi connectivity index (χ3v) is 9.20. The van der Waals surface area contributed by atoms with Gasteiger partial charge in [-0.1, -0.05) is 56.6 Å². The Hall–Kier alpha value is -0.950. The van der Waals surface area contributed by atoms with Crippen LogP contribution in [0.25, 0.3) is 0 Å². The summed E-state index contributed by atoms with van der Waals surface area (Å²) in [6.45, 7) is 12.9. The summed E-state index contributed by atoms with van der Waals surface area (Å²) in [5.74, 6) is 2.18. The van der Waals surface area contributed by atoms with Crippen LogP contribution in [-0.2, 0) is 14.6 Å². The van der Waals surface area contributed by atoms with Crippen molar-refractivity contribution >= 4 is 10.4 Å². The van der Waals surface area contributed by atoms with E-state index in [1.54, 1.807) is 0 Å². The number of hydrogen-bond donors (Lipinski definition) is 2. The molecule has 2 N–H and O–H groups in total. The molecule has 6 heteroatoms. The Morgan fingerprint density at radius 2 is 1.94 bits per heavy atom. The molecule has 3 saturated carbocycles. The van der Waals surface area contributed by atoms with Crippen LogP contribution in [0.4, 0.5) is 0 Å². The first-order chi connectivity index (χ1) is 15.3. The molecule has 5 nitrogen and oxygen atoms in total. The van der Waals surface area contributed by atoms with Gasteiger partial charge in [-0.25, -0.2) is 4.18 Å². The van der Waals surface area contributed by atoms with Gasteiger partial charge in [0.2, 0.25) is 0 Å². The van der Waals surface area contributed by atoms with Gasteiger partial charge in [-0.15, -0.1) is 0 Å². The highest BCUT2D eigenvalue weighted by molar-refractivity contribution is 7.80. The minimum Gasteiger partial charge on any atom is -0.390 e. The largest absolute Gasteiger partial charge is 0.397 e. The second-order valence-electron chi connectivity index (χ2n) is 11.8. The van der Waals surface area contributed by atoms with E-state index in [-0.39, 0.29) is 0 Å². The Morgan fingerprint density at radius 3 is 2.61 bits per heavy atom. The Balaban J connectivity index is 1.60. The second kappa shape index (κ2) is 10.3. The van der Waals surface area contributed by atoms with Crippen molar-refractivity contribution in [2.75, 3.05) is 0 Å². The van der Waals surface area contributed by atoms with E-state index >= 15 is 0 Å². The lowest BCUT2D eigenvalue weighted by molar-refractivity contribution is 0.0575. The van der Waals surface area contributed by atoms with E-state index in [1.807, 2.05) is 13.8 Å². The molecule has 0 aliphatic heterocycles. The molecule has 3 fully saturated rings. The van der Waals surface area contributed by atoms with Gasteiger partial charge in [-0.2, -0.15) is 8.42 Å². The summed E-state index contributed by atoms with van der Waals surface area (Å²) in [7, 11) is -4.43. The number of rotatable bonds is 8. The molecule has 33 heavy (non-hydrogen) atoms. The fraction of sp³-hybridized carbons (Fsp3) is 0.778. The number of fused-ring (bicyclic) bond motifs is 1. The van der Waals surface area contributed by atoms with Crippen molar-refractivity contribution < 1.29 is 22.3 Å². The zero-order chi connectivity index (χ0) is 24.4. The fourth-order valence-electron chi connectivity index (χ4n) is 6.71. The van der Waals surface area contributed by atoms with Gasteiger partial charge in [-0.3, -0.25) is 4.55 Å². The maximum absolute atomic E-state index is 11.1. The van der Waals surface area contributed by atoms with E-state index in [0.29, 0.717) is 30.6 Å². The number of aliphatic hydroxyl groups is 1. The third-order valence-electron chi connectivity index (χ3n) is 8.68. The van der Waals surface area contributed by atoms with Crippen molar-refractivity contribution in [3.05, 3.63) is 35.5 Å². The minimum absolute atomic E-state index is 0.404. The van der Waals surface area contributed by atoms with Crippen LogP contribution in [0.15, 0.2) is 35.5 Å². The molecular formula is C27H44O5S. The van der Waals surface area contributed by atoms with Gasteiger partial charge in [0, 0.05) is 6.42 Å². The van der Waals surface area contributed by atoms with E-state index in [9.17, 15) is 13.5 Å². The van der Waals surface area contributed by atoms with E-state index in [0.717, 1.165) is 48.7 Å². The summed E-state index contributed by atoms with van der Waals surface area (Å²) in [6, 6.07) is 0. The van der Waals surface area contributed by atoms with Crippen molar-refractivity contribution in [1.29, 1.82) is 0 Å². The smallest absolute Gasteiger partial charge is 0.390 e. The zero-order valence-corrected chi connectivity index (χ0v) is 21.8. The average molecular weight is 481 g/mol. The summed E-state index contributed by atoms with van der Waals surface area (Å²) >= 11 is 0. The lowest BCUT2D eigenvalue weighted by Gasteiger charge is -2.44. The van der Waals surface area contributed by atoms with Crippen LogP contribution in [-0.4, -0.2) is 29.8 Å². The summed E-state index contributed by atoms with van der Waals surface area (Å²) in [5, 5.41) is 10.0. The Morgan fingerprint density at radius 1 is 1.21 bits per heavy atom. The molecule has 5 atom stereocenters. The van der Waals surface area contributed by atoms with E-state index < -0.39 is 22.1 Å². The van der Waals surface area contributed by atoms with Crippen LogP contribution in [0.5, 0.6) is 0 Å². The maximum Gasteiger partial charge on any atom is 0.397 e. The second-order valence-corrected chi connectivity index (χ2v) is 12.8. The summed E-state index contributed by atoms with van der Waals surface area (Å²) in [6.07, 6.45) is 14.8. The molecule has 0 heterocycles. The van der Waals surface area contributed by atoms with Gasteiger partial charge in [0.05, 0.1) is 11.7 Å². The van der Waals surface area contributed by atoms with E-state index in [2.05, 4.69) is 32.6 Å². The van der Waals surface area contributed by atoms with Crippen LogP contribution in [0.3, 0.4) is 0 Å². The van der Waals surface area contributed by atoms with Gasteiger partial charge in [0.15, 0.2) is 0 Å². The number of hydrogen-bond acceptors (Lipinski definition) is 4. The molecule has 0 bridgehead atoms. The summed E-state index contributed by atoms with van der Waals surface area (Å²) < 4.78 is 36.0. The zero-order valence-electron chi connectivity index (χ0n) is 21.0. The number of allylic oxidation sites excluding steroid dienone is 4. The highest BCUT2D eigenvalue weighted by Crippen LogP contribution is 2.59. The fourth-order valence-corrected chi connectivity index (χ4v) is 7.21. The standard InChI is InChI=1S/C27H44O5S/c1-19-8-12-24(32-33(29,30)31)18-22(19)10-9-21-14-16-27(5)23(17-21)11-13-25(27)20(2)7-6-15-26(3,4)28/h9-10,20,23-25,28H,1,6-8,11-18H2,2-5H3,(H,29,30,31). The molecule has 3 rings (SSSR count). The highest BCUT2D eigenvalue weighted by Gasteiger charge is 2.49. The van der Waals surface area contributed by atoms with Gasteiger partial charge in [0.25, 0.3) is 0 Å². The average Bonchev–Trinajstić information content (AvgIpc) is 3.02. The van der Waals surface area contributed by atoms with Gasteiger partial charge >= 0.3 is 10.4 Å². The quantitative estimate of drug-likeness (QED) is 0.384. The first-order valence-electron chi connectivity index (χ1n) is 12.7. The van der Waals surface area contributed by atoms with Crippen molar-refractivity contribution in [3.63, 3.8) is 0 Å². The van der Waals surface area contributed by atoms with Crippen LogP contribution < -0.4 is 0 Å². The molecule has 0 aromatic carbocycles. The van der Waals surface area contributed by atoms with Crippen molar-refractivity contribution in [3.8, 4) is 0 Å². The summed E-state index contributed by atoms with van der Waals surface area (Å²) in [5.41, 5.74) is 3.37. The van der Waals surface area contributed by atoms with Crippen LogP contribution in [0, 0.1) is 23.2 Å². The normalized spacial score (nSPS) is 34.6. The maximum atomic E-state index is 11.1. The Labute approximate surface area is 201 Å². The molecule has 3 aliphatic rings. The lowest BCUT2D eigenvalue weighted by Crippen LogP contribution is -2.35. The molecule has 0 spiro atoms. The molecule has 0 aromatic rings. The highest BCUT2D eigenvalue weighted by atomic mass is 32.3.